The predicted molar refractivity (Wildman–Crippen MR) is 147 cm³/mol. The highest BCUT2D eigenvalue weighted by Gasteiger charge is 2.33. The van der Waals surface area contributed by atoms with E-state index in [1.165, 1.54) is 5.56 Å². The second-order valence-corrected chi connectivity index (χ2v) is 10.3. The van der Waals surface area contributed by atoms with Crippen molar-refractivity contribution >= 4 is 17.5 Å². The van der Waals surface area contributed by atoms with Crippen LogP contribution < -0.4 is 5.32 Å². The minimum absolute atomic E-state index is 0.124. The number of H-pyrrole nitrogens is 1. The molecule has 5 heterocycles. The third-order valence-electron chi connectivity index (χ3n) is 7.82. The molecule has 0 radical (unpaired) electrons. The molecule has 0 atom stereocenters. The number of carbonyl (C=O) groups excluding carboxylic acids is 1. The molecule has 0 aliphatic carbocycles. The Kier molecular flexibility index (Phi) is 6.18. The maximum atomic E-state index is 13.3. The van der Waals surface area contributed by atoms with Gasteiger partial charge in [-0.25, -0.2) is 14.8 Å². The molecule has 2 aromatic heterocycles. The van der Waals surface area contributed by atoms with Crippen LogP contribution >= 0.6 is 0 Å². The second kappa shape index (κ2) is 10.1. The van der Waals surface area contributed by atoms with Gasteiger partial charge < -0.3 is 19.9 Å². The van der Waals surface area contributed by atoms with Crippen molar-refractivity contribution in [2.45, 2.75) is 19.1 Å². The lowest BCUT2D eigenvalue weighted by Gasteiger charge is -2.43. The van der Waals surface area contributed by atoms with Crippen molar-refractivity contribution < 1.29 is 9.53 Å². The maximum Gasteiger partial charge on any atom is 0.320 e. The highest BCUT2D eigenvalue weighted by Crippen LogP contribution is 2.29. The molecule has 3 aliphatic rings. The summed E-state index contributed by atoms with van der Waals surface area (Å²) in [4.78, 5) is 28.9. The molecule has 2 fully saturated rings. The van der Waals surface area contributed by atoms with Gasteiger partial charge in [0.05, 0.1) is 25.5 Å². The van der Waals surface area contributed by atoms with Gasteiger partial charge in [-0.2, -0.15) is 5.10 Å². The zero-order valence-electron chi connectivity index (χ0n) is 21.6. The van der Waals surface area contributed by atoms with Gasteiger partial charge in [0.25, 0.3) is 0 Å². The number of aromatic amines is 1. The number of amides is 2. The average molecular weight is 523 g/mol. The number of benzene rings is 2. The van der Waals surface area contributed by atoms with Crippen molar-refractivity contribution in [3.63, 3.8) is 0 Å². The highest BCUT2D eigenvalue weighted by molar-refractivity contribution is 5.76. The number of urea groups is 1. The number of rotatable bonds is 5. The van der Waals surface area contributed by atoms with E-state index in [2.05, 4.69) is 37.5 Å². The average Bonchev–Trinajstić information content (AvgIpc) is 3.63. The molecular formula is C29H30N8O2. The van der Waals surface area contributed by atoms with Crippen molar-refractivity contribution in [2.24, 2.45) is 0 Å². The van der Waals surface area contributed by atoms with Gasteiger partial charge in [-0.05, 0) is 41.0 Å². The van der Waals surface area contributed by atoms with Gasteiger partial charge in [0.15, 0.2) is 5.82 Å². The molecule has 2 aromatic carbocycles. The number of hydrogen-bond donors (Lipinski definition) is 2. The Hall–Kier alpha value is -4.28. The Morgan fingerprint density at radius 2 is 1.69 bits per heavy atom. The standard InChI is InChI=1S/C29H30N8O2/c38-29(36-11-9-35(10-12-36)26-18-39-19-26)37-16-22-2-1-21(13-23(22)17-37)28-30-8-7-27(34-28)33-25-5-3-20(4-6-25)24-14-31-32-15-24/h1-8,13-15,26H,9-12,16-19H2,(H,31,32)(H,30,33,34). The van der Waals surface area contributed by atoms with Crippen LogP contribution in [-0.4, -0.2) is 86.3 Å². The SMILES string of the molecule is O=C(N1CCN(C2COC2)CC1)N1Cc2ccc(-c3nccc(Nc4ccc(-c5cn[nH]c5)cc4)n3)cc2C1. The first kappa shape index (κ1) is 23.8. The van der Waals surface area contributed by atoms with Crippen LogP contribution in [0.3, 0.4) is 0 Å². The van der Waals surface area contributed by atoms with Gasteiger partial charge in [0, 0.05) is 68.5 Å². The first-order chi connectivity index (χ1) is 19.2. The molecule has 39 heavy (non-hydrogen) atoms. The minimum Gasteiger partial charge on any atom is -0.378 e. The summed E-state index contributed by atoms with van der Waals surface area (Å²) in [7, 11) is 0. The number of piperazine rings is 1. The van der Waals surface area contributed by atoms with E-state index in [1.807, 2.05) is 52.4 Å². The molecule has 0 bridgehead atoms. The van der Waals surface area contributed by atoms with Crippen molar-refractivity contribution in [1.29, 1.82) is 0 Å². The fraction of sp³-hybridized carbons (Fsp3) is 0.310. The summed E-state index contributed by atoms with van der Waals surface area (Å²) in [6.07, 6.45) is 5.44. The molecule has 0 unspecified atom stereocenters. The molecule has 0 saturated carbocycles. The number of nitrogens with one attached hydrogen (secondary N) is 2. The van der Waals surface area contributed by atoms with Gasteiger partial charge in [0.1, 0.15) is 5.82 Å². The second-order valence-electron chi connectivity index (χ2n) is 10.3. The lowest BCUT2D eigenvalue weighted by Crippen LogP contribution is -2.58. The number of anilines is 2. The fourth-order valence-electron chi connectivity index (χ4n) is 5.45. The normalized spacial score (nSPS) is 17.6. The summed E-state index contributed by atoms with van der Waals surface area (Å²) >= 11 is 0. The van der Waals surface area contributed by atoms with Crippen molar-refractivity contribution in [3.8, 4) is 22.5 Å². The predicted octanol–water partition coefficient (Wildman–Crippen LogP) is 3.73. The molecule has 4 aromatic rings. The zero-order valence-corrected chi connectivity index (χ0v) is 21.6. The number of carbonyl (C=O) groups is 1. The largest absolute Gasteiger partial charge is 0.378 e. The zero-order chi connectivity index (χ0) is 26.2. The third-order valence-corrected chi connectivity index (χ3v) is 7.82. The van der Waals surface area contributed by atoms with E-state index in [0.717, 1.165) is 73.2 Å². The molecular weight excluding hydrogens is 492 g/mol. The fourth-order valence-corrected chi connectivity index (χ4v) is 5.45. The van der Waals surface area contributed by atoms with Crippen LogP contribution in [0.5, 0.6) is 0 Å². The number of fused-ring (bicyclic) bond motifs is 1. The quantitative estimate of drug-likeness (QED) is 0.412. The van der Waals surface area contributed by atoms with Crippen LogP contribution in [0.2, 0.25) is 0 Å². The van der Waals surface area contributed by atoms with Crippen LogP contribution in [-0.2, 0) is 17.8 Å². The topological polar surface area (TPSA) is 103 Å². The summed E-state index contributed by atoms with van der Waals surface area (Å²) in [5.74, 6) is 1.37. The van der Waals surface area contributed by atoms with E-state index >= 15 is 0 Å². The minimum atomic E-state index is 0.124. The molecule has 198 valence electrons. The summed E-state index contributed by atoms with van der Waals surface area (Å²) in [5, 5.41) is 10.2. The van der Waals surface area contributed by atoms with Gasteiger partial charge in [-0.3, -0.25) is 10.00 Å². The Balaban J connectivity index is 1.00. The third kappa shape index (κ3) is 4.84. The number of aromatic nitrogens is 4. The van der Waals surface area contributed by atoms with Crippen molar-refractivity contribution in [3.05, 3.63) is 78.2 Å². The van der Waals surface area contributed by atoms with E-state index in [1.54, 1.807) is 12.4 Å². The molecule has 2 saturated heterocycles. The van der Waals surface area contributed by atoms with Crippen LogP contribution in [0.4, 0.5) is 16.3 Å². The Morgan fingerprint density at radius 1 is 0.897 bits per heavy atom. The molecule has 0 spiro atoms. The Labute approximate surface area is 226 Å². The van der Waals surface area contributed by atoms with Crippen molar-refractivity contribution in [1.82, 2.24) is 34.9 Å². The lowest BCUT2D eigenvalue weighted by atomic mass is 10.1. The Bertz CT molecular complexity index is 1460. The molecule has 10 nitrogen and oxygen atoms in total. The van der Waals surface area contributed by atoms with Gasteiger partial charge >= 0.3 is 6.03 Å². The van der Waals surface area contributed by atoms with E-state index in [-0.39, 0.29) is 6.03 Å². The summed E-state index contributed by atoms with van der Waals surface area (Å²) in [6, 6.07) is 16.9. The van der Waals surface area contributed by atoms with Gasteiger partial charge in [0.2, 0.25) is 0 Å². The van der Waals surface area contributed by atoms with E-state index < -0.39 is 0 Å². The van der Waals surface area contributed by atoms with Crippen LogP contribution in [0.15, 0.2) is 67.1 Å². The van der Waals surface area contributed by atoms with Gasteiger partial charge in [-0.15, -0.1) is 0 Å². The van der Waals surface area contributed by atoms with Crippen LogP contribution in [0, 0.1) is 0 Å². The number of ether oxygens (including phenoxy) is 1. The summed E-state index contributed by atoms with van der Waals surface area (Å²) < 4.78 is 5.32. The van der Waals surface area contributed by atoms with Crippen LogP contribution in [0.1, 0.15) is 11.1 Å². The first-order valence-electron chi connectivity index (χ1n) is 13.4. The monoisotopic (exact) mass is 522 g/mol. The first-order valence-corrected chi connectivity index (χ1v) is 13.4. The van der Waals surface area contributed by atoms with E-state index in [4.69, 9.17) is 9.72 Å². The molecule has 3 aliphatic heterocycles. The van der Waals surface area contributed by atoms with Crippen LogP contribution in [0.25, 0.3) is 22.5 Å². The molecule has 10 heteroatoms. The van der Waals surface area contributed by atoms with E-state index in [9.17, 15) is 4.79 Å². The maximum absolute atomic E-state index is 13.3. The summed E-state index contributed by atoms with van der Waals surface area (Å²) in [5.41, 5.74) is 6.36. The highest BCUT2D eigenvalue weighted by atomic mass is 16.5. The molecule has 7 rings (SSSR count). The lowest BCUT2D eigenvalue weighted by molar-refractivity contribution is -0.0746. The summed E-state index contributed by atoms with van der Waals surface area (Å²) in [6.45, 7) is 6.27. The van der Waals surface area contributed by atoms with Crippen molar-refractivity contribution in [2.75, 3.05) is 44.7 Å². The Morgan fingerprint density at radius 3 is 2.44 bits per heavy atom. The number of nitrogens with zero attached hydrogens (tertiary/aromatic N) is 6. The number of hydrogen-bond acceptors (Lipinski definition) is 7. The molecule has 2 N–H and O–H groups in total. The van der Waals surface area contributed by atoms with E-state index in [0.29, 0.717) is 25.0 Å². The smallest absolute Gasteiger partial charge is 0.320 e. The van der Waals surface area contributed by atoms with Gasteiger partial charge in [-0.1, -0.05) is 24.3 Å². The molecule has 2 amide bonds.